The third-order valence-electron chi connectivity index (χ3n) is 5.15. The molecule has 2 aromatic carbocycles. The zero-order valence-corrected chi connectivity index (χ0v) is 14.1. The number of anilines is 1. The summed E-state index contributed by atoms with van der Waals surface area (Å²) in [6.45, 7) is 0.469. The number of benzene rings is 2. The van der Waals surface area contributed by atoms with E-state index in [1.807, 2.05) is 48.5 Å². The minimum absolute atomic E-state index is 0.0270. The average Bonchev–Trinajstić information content (AvgIpc) is 3.32. The van der Waals surface area contributed by atoms with Crippen LogP contribution in [0.15, 0.2) is 48.5 Å². The van der Waals surface area contributed by atoms with Crippen molar-refractivity contribution in [3.63, 3.8) is 0 Å². The molecule has 0 bridgehead atoms. The van der Waals surface area contributed by atoms with Crippen molar-refractivity contribution < 1.29 is 9.59 Å². The highest BCUT2D eigenvalue weighted by molar-refractivity contribution is 7.20. The first-order chi connectivity index (χ1) is 12.2. The van der Waals surface area contributed by atoms with Crippen LogP contribution in [0.4, 0.5) is 5.69 Å². The Bertz CT molecular complexity index is 995. The zero-order chi connectivity index (χ0) is 17.0. The van der Waals surface area contributed by atoms with Crippen molar-refractivity contribution in [3.05, 3.63) is 59.1 Å². The molecule has 3 heterocycles. The normalized spacial score (nSPS) is 24.6. The molecule has 124 valence electrons. The van der Waals surface area contributed by atoms with E-state index >= 15 is 0 Å². The third-order valence-corrected chi connectivity index (χ3v) is 6.20. The third kappa shape index (κ3) is 2.08. The van der Waals surface area contributed by atoms with E-state index in [4.69, 9.17) is 0 Å². The number of thiazole rings is 1. The second-order valence-electron chi connectivity index (χ2n) is 6.57. The molecule has 0 saturated carbocycles. The number of amides is 1. The first kappa shape index (κ1) is 14.7. The van der Waals surface area contributed by atoms with E-state index in [1.165, 1.54) is 11.3 Å². The van der Waals surface area contributed by atoms with Crippen molar-refractivity contribution in [2.75, 3.05) is 11.9 Å². The number of rotatable bonds is 2. The highest BCUT2D eigenvalue weighted by Gasteiger charge is 2.53. The summed E-state index contributed by atoms with van der Waals surface area (Å²) >= 11 is 1.41. The molecule has 1 spiro atoms. The maximum atomic E-state index is 12.9. The molecular weight excluding hydrogens is 334 g/mol. The molecule has 0 unspecified atom stereocenters. The van der Waals surface area contributed by atoms with E-state index in [2.05, 4.69) is 15.6 Å². The van der Waals surface area contributed by atoms with Crippen LogP contribution in [-0.2, 0) is 10.2 Å². The van der Waals surface area contributed by atoms with Gasteiger partial charge in [0.2, 0.25) is 11.7 Å². The summed E-state index contributed by atoms with van der Waals surface area (Å²) in [6, 6.07) is 15.1. The zero-order valence-electron chi connectivity index (χ0n) is 13.3. The number of carbonyl (C=O) groups is 2. The molecule has 1 saturated heterocycles. The van der Waals surface area contributed by atoms with Crippen LogP contribution in [0.1, 0.15) is 21.8 Å². The Morgan fingerprint density at radius 2 is 1.96 bits per heavy atom. The van der Waals surface area contributed by atoms with Crippen LogP contribution in [0.25, 0.3) is 10.2 Å². The number of Topliss-reactive ketones (excluding diaryl/α,β-unsaturated/α-hetero) is 1. The summed E-state index contributed by atoms with van der Waals surface area (Å²) in [5.41, 5.74) is 2.01. The molecule has 1 amide bonds. The smallest absolute Gasteiger partial charge is 0.236 e. The van der Waals surface area contributed by atoms with Gasteiger partial charge in [0.1, 0.15) is 0 Å². The van der Waals surface area contributed by atoms with Gasteiger partial charge in [-0.1, -0.05) is 30.3 Å². The van der Waals surface area contributed by atoms with Crippen LogP contribution in [-0.4, -0.2) is 29.3 Å². The molecule has 2 N–H and O–H groups in total. The van der Waals surface area contributed by atoms with Crippen molar-refractivity contribution in [2.24, 2.45) is 0 Å². The van der Waals surface area contributed by atoms with Crippen LogP contribution in [0, 0.1) is 0 Å². The largest absolute Gasteiger partial charge is 0.325 e. The van der Waals surface area contributed by atoms with Gasteiger partial charge in [-0.05, 0) is 30.2 Å². The van der Waals surface area contributed by atoms with E-state index in [0.717, 1.165) is 21.5 Å². The van der Waals surface area contributed by atoms with Crippen LogP contribution < -0.4 is 10.6 Å². The molecule has 2 aliphatic heterocycles. The van der Waals surface area contributed by atoms with Crippen molar-refractivity contribution >= 4 is 38.9 Å². The lowest BCUT2D eigenvalue weighted by Gasteiger charge is -2.19. The van der Waals surface area contributed by atoms with Gasteiger partial charge < -0.3 is 10.6 Å². The molecule has 2 atom stereocenters. The summed E-state index contributed by atoms with van der Waals surface area (Å²) in [5, 5.41) is 6.71. The molecule has 0 aliphatic carbocycles. The minimum Gasteiger partial charge on any atom is -0.325 e. The number of ketones is 1. The molecule has 0 radical (unpaired) electrons. The van der Waals surface area contributed by atoms with Gasteiger partial charge in [-0.25, -0.2) is 4.98 Å². The fourth-order valence-corrected chi connectivity index (χ4v) is 4.81. The summed E-state index contributed by atoms with van der Waals surface area (Å²) in [6.07, 6.45) is 0.463. The van der Waals surface area contributed by atoms with E-state index in [0.29, 0.717) is 18.0 Å². The number of hydrogen-bond acceptors (Lipinski definition) is 5. The van der Waals surface area contributed by atoms with Gasteiger partial charge >= 0.3 is 0 Å². The Morgan fingerprint density at radius 1 is 1.16 bits per heavy atom. The summed E-state index contributed by atoms with van der Waals surface area (Å²) in [7, 11) is 0. The Hall–Kier alpha value is -2.57. The predicted molar refractivity (Wildman–Crippen MR) is 97.1 cm³/mol. The fraction of sp³-hybridized carbons (Fsp3) is 0.211. The maximum absolute atomic E-state index is 12.9. The van der Waals surface area contributed by atoms with Crippen LogP contribution in [0.2, 0.25) is 0 Å². The monoisotopic (exact) mass is 349 g/mol. The molecule has 5 nitrogen and oxygen atoms in total. The summed E-state index contributed by atoms with van der Waals surface area (Å²) in [5.74, 6) is -0.0592. The van der Waals surface area contributed by atoms with Crippen LogP contribution in [0.5, 0.6) is 0 Å². The van der Waals surface area contributed by atoms with Gasteiger partial charge in [0, 0.05) is 12.2 Å². The van der Waals surface area contributed by atoms with Gasteiger partial charge in [-0.3, -0.25) is 9.59 Å². The highest BCUT2D eigenvalue weighted by atomic mass is 32.1. The first-order valence-electron chi connectivity index (χ1n) is 8.21. The van der Waals surface area contributed by atoms with Gasteiger partial charge in [0.25, 0.3) is 0 Å². The Labute approximate surface area is 148 Å². The summed E-state index contributed by atoms with van der Waals surface area (Å²) < 4.78 is 1.00. The Kier molecular flexibility index (Phi) is 3.07. The quantitative estimate of drug-likeness (QED) is 0.698. The fourth-order valence-electron chi connectivity index (χ4n) is 3.85. The van der Waals surface area contributed by atoms with Crippen molar-refractivity contribution in [1.82, 2.24) is 10.3 Å². The lowest BCUT2D eigenvalue weighted by Crippen LogP contribution is -2.36. The molecule has 2 aliphatic rings. The molecule has 25 heavy (non-hydrogen) atoms. The standard InChI is InChI=1S/C19H15N3O2S/c23-16(17-21-13-7-3-4-8-15(13)25-17)14-9-19(10-20-14)11-5-1-2-6-12(11)22-18(19)24/h1-8,14,20H,9-10H2,(H,22,24)/t14-,19-/m0/s1. The lowest BCUT2D eigenvalue weighted by molar-refractivity contribution is -0.120. The van der Waals surface area contributed by atoms with Gasteiger partial charge in [0.05, 0.1) is 21.7 Å². The Morgan fingerprint density at radius 3 is 2.84 bits per heavy atom. The van der Waals surface area contributed by atoms with Crippen molar-refractivity contribution in [1.29, 1.82) is 0 Å². The predicted octanol–water partition coefficient (Wildman–Crippen LogP) is 2.73. The topological polar surface area (TPSA) is 71.1 Å². The second-order valence-corrected chi connectivity index (χ2v) is 7.60. The van der Waals surface area contributed by atoms with Gasteiger partial charge in [0.15, 0.2) is 5.01 Å². The van der Waals surface area contributed by atoms with Crippen LogP contribution >= 0.6 is 11.3 Å². The maximum Gasteiger partial charge on any atom is 0.236 e. The Balaban J connectivity index is 1.47. The molecule has 6 heteroatoms. The van der Waals surface area contributed by atoms with E-state index in [1.54, 1.807) is 0 Å². The first-order valence-corrected chi connectivity index (χ1v) is 9.03. The van der Waals surface area contributed by atoms with Crippen LogP contribution in [0.3, 0.4) is 0 Å². The van der Waals surface area contributed by atoms with Crippen molar-refractivity contribution in [2.45, 2.75) is 17.9 Å². The van der Waals surface area contributed by atoms with E-state index < -0.39 is 11.5 Å². The number of para-hydroxylation sites is 2. The minimum atomic E-state index is -0.659. The average molecular weight is 349 g/mol. The molecule has 1 aromatic heterocycles. The van der Waals surface area contributed by atoms with Gasteiger partial charge in [-0.2, -0.15) is 0 Å². The molecular formula is C19H15N3O2S. The number of nitrogens with zero attached hydrogens (tertiary/aromatic N) is 1. The highest BCUT2D eigenvalue weighted by Crippen LogP contribution is 2.43. The molecule has 5 rings (SSSR count). The SMILES string of the molecule is O=C(c1nc2ccccc2s1)[C@@H]1C[C@@]2(CN1)C(=O)Nc1ccccc12. The molecule has 1 fully saturated rings. The number of carbonyl (C=O) groups excluding carboxylic acids is 2. The lowest BCUT2D eigenvalue weighted by atomic mass is 9.79. The van der Waals surface area contributed by atoms with Crippen molar-refractivity contribution in [3.8, 4) is 0 Å². The molecule has 3 aromatic rings. The van der Waals surface area contributed by atoms with Gasteiger partial charge in [-0.15, -0.1) is 11.3 Å². The number of nitrogens with one attached hydrogen (secondary N) is 2. The van der Waals surface area contributed by atoms with E-state index in [-0.39, 0.29) is 11.7 Å². The number of hydrogen-bond donors (Lipinski definition) is 2. The summed E-state index contributed by atoms with van der Waals surface area (Å²) in [4.78, 5) is 30.0. The van der Waals surface area contributed by atoms with E-state index in [9.17, 15) is 9.59 Å². The number of aromatic nitrogens is 1. The number of fused-ring (bicyclic) bond motifs is 3. The second kappa shape index (κ2) is 5.21.